The van der Waals surface area contributed by atoms with Crippen LogP contribution in [-0.2, 0) is 21.9 Å². The van der Waals surface area contributed by atoms with Crippen molar-refractivity contribution in [2.24, 2.45) is 7.05 Å². The second-order valence-corrected chi connectivity index (χ2v) is 6.36. The van der Waals surface area contributed by atoms with Crippen LogP contribution in [0.4, 0.5) is 0 Å². The van der Waals surface area contributed by atoms with Crippen molar-refractivity contribution in [3.63, 3.8) is 0 Å². The maximum Gasteiger partial charge on any atom is 0.326 e. The van der Waals surface area contributed by atoms with Crippen LogP contribution in [0.5, 0.6) is 0 Å². The molecule has 0 saturated carbocycles. The smallest absolute Gasteiger partial charge is 0.326 e. The minimum absolute atomic E-state index is 0.0142. The van der Waals surface area contributed by atoms with Crippen molar-refractivity contribution in [2.45, 2.75) is 10.9 Å². The van der Waals surface area contributed by atoms with Crippen molar-refractivity contribution in [1.29, 1.82) is 0 Å². The highest BCUT2D eigenvalue weighted by Gasteiger charge is 2.29. The summed E-state index contributed by atoms with van der Waals surface area (Å²) in [5.41, 5.74) is 0.223. The SMILES string of the molecule is Cn1cc(C(NS(=O)(=O)c2ccccc2Cl)C(=O)O)cn1. The highest BCUT2D eigenvalue weighted by atomic mass is 35.5. The summed E-state index contributed by atoms with van der Waals surface area (Å²) >= 11 is 5.84. The van der Waals surface area contributed by atoms with Gasteiger partial charge in [-0.05, 0) is 12.1 Å². The molecule has 0 saturated heterocycles. The molecule has 1 aromatic heterocycles. The van der Waals surface area contributed by atoms with E-state index >= 15 is 0 Å². The van der Waals surface area contributed by atoms with Gasteiger partial charge in [-0.25, -0.2) is 8.42 Å². The topological polar surface area (TPSA) is 101 Å². The lowest BCUT2D eigenvalue weighted by Crippen LogP contribution is -2.33. The van der Waals surface area contributed by atoms with Gasteiger partial charge in [-0.2, -0.15) is 9.82 Å². The molecule has 0 aliphatic carbocycles. The van der Waals surface area contributed by atoms with Crippen LogP contribution >= 0.6 is 11.6 Å². The predicted octanol–water partition coefficient (Wildman–Crippen LogP) is 1.18. The van der Waals surface area contributed by atoms with E-state index in [1.165, 1.54) is 35.3 Å². The summed E-state index contributed by atoms with van der Waals surface area (Å²) in [5.74, 6) is -1.33. The van der Waals surface area contributed by atoms with Gasteiger partial charge in [0.2, 0.25) is 10.0 Å². The molecule has 9 heteroatoms. The number of hydrogen-bond acceptors (Lipinski definition) is 4. The maximum atomic E-state index is 12.3. The highest BCUT2D eigenvalue weighted by molar-refractivity contribution is 7.89. The fourth-order valence-corrected chi connectivity index (χ4v) is 3.43. The van der Waals surface area contributed by atoms with Gasteiger partial charge in [0.25, 0.3) is 0 Å². The molecule has 0 aliphatic heterocycles. The standard InChI is InChI=1S/C12H12ClN3O4S/c1-16-7-8(6-14-16)11(12(17)18)15-21(19,20)10-5-3-2-4-9(10)13/h2-7,11,15H,1H3,(H,17,18). The molecule has 0 spiro atoms. The normalized spacial score (nSPS) is 13.0. The second-order valence-electron chi connectivity index (χ2n) is 4.27. The maximum absolute atomic E-state index is 12.3. The summed E-state index contributed by atoms with van der Waals surface area (Å²) in [6.07, 6.45) is 2.71. The van der Waals surface area contributed by atoms with E-state index < -0.39 is 22.0 Å². The molecule has 0 radical (unpaired) electrons. The molecule has 1 unspecified atom stereocenters. The summed E-state index contributed by atoms with van der Waals surface area (Å²) in [5, 5.41) is 13.1. The zero-order valence-corrected chi connectivity index (χ0v) is 12.5. The van der Waals surface area contributed by atoms with Gasteiger partial charge in [-0.15, -0.1) is 0 Å². The van der Waals surface area contributed by atoms with Crippen LogP contribution < -0.4 is 4.72 Å². The summed E-state index contributed by atoms with van der Waals surface area (Å²) in [6, 6.07) is 4.35. The third kappa shape index (κ3) is 3.41. The van der Waals surface area contributed by atoms with E-state index in [1.54, 1.807) is 13.1 Å². The van der Waals surface area contributed by atoms with Gasteiger partial charge in [-0.1, -0.05) is 23.7 Å². The number of nitrogens with zero attached hydrogens (tertiary/aromatic N) is 2. The Bertz CT molecular complexity index is 772. The molecular weight excluding hydrogens is 318 g/mol. The first-order chi connectivity index (χ1) is 9.81. The number of halogens is 1. The minimum atomic E-state index is -4.07. The summed E-state index contributed by atoms with van der Waals surface area (Å²) in [4.78, 5) is 11.1. The molecule has 1 heterocycles. The Morgan fingerprint density at radius 1 is 1.43 bits per heavy atom. The molecule has 0 amide bonds. The molecule has 0 aliphatic rings. The molecule has 0 fully saturated rings. The Morgan fingerprint density at radius 3 is 2.62 bits per heavy atom. The number of aryl methyl sites for hydroxylation is 1. The van der Waals surface area contributed by atoms with E-state index in [-0.39, 0.29) is 15.5 Å². The van der Waals surface area contributed by atoms with Gasteiger partial charge in [0.1, 0.15) is 10.9 Å². The van der Waals surface area contributed by atoms with Crippen molar-refractivity contribution in [2.75, 3.05) is 0 Å². The average Bonchev–Trinajstić information content (AvgIpc) is 2.82. The lowest BCUT2D eigenvalue weighted by atomic mass is 10.2. The lowest BCUT2D eigenvalue weighted by molar-refractivity contribution is -0.139. The quantitative estimate of drug-likeness (QED) is 0.857. The van der Waals surface area contributed by atoms with Gasteiger partial charge in [0, 0.05) is 18.8 Å². The predicted molar refractivity (Wildman–Crippen MR) is 75.4 cm³/mol. The first-order valence-electron chi connectivity index (χ1n) is 5.79. The van der Waals surface area contributed by atoms with E-state index in [1.807, 2.05) is 0 Å². The molecule has 7 nitrogen and oxygen atoms in total. The summed E-state index contributed by atoms with van der Waals surface area (Å²) in [7, 11) is -2.47. The number of carbonyl (C=O) groups is 1. The Hall–Kier alpha value is -1.90. The Morgan fingerprint density at radius 2 is 2.10 bits per heavy atom. The van der Waals surface area contributed by atoms with E-state index in [2.05, 4.69) is 9.82 Å². The largest absolute Gasteiger partial charge is 0.480 e. The van der Waals surface area contributed by atoms with Crippen LogP contribution in [-0.4, -0.2) is 29.3 Å². The number of carboxylic acid groups (broad SMARTS) is 1. The summed E-state index contributed by atoms with van der Waals surface area (Å²) < 4.78 is 28.0. The van der Waals surface area contributed by atoms with Crippen molar-refractivity contribution < 1.29 is 18.3 Å². The number of nitrogens with one attached hydrogen (secondary N) is 1. The fraction of sp³-hybridized carbons (Fsp3) is 0.167. The first-order valence-corrected chi connectivity index (χ1v) is 7.65. The number of hydrogen-bond donors (Lipinski definition) is 2. The molecular formula is C12H12ClN3O4S. The zero-order chi connectivity index (χ0) is 15.6. The van der Waals surface area contributed by atoms with Crippen molar-refractivity contribution >= 4 is 27.6 Å². The van der Waals surface area contributed by atoms with Gasteiger partial charge in [-0.3, -0.25) is 9.48 Å². The van der Waals surface area contributed by atoms with E-state index in [9.17, 15) is 18.3 Å². The molecule has 2 N–H and O–H groups in total. The van der Waals surface area contributed by atoms with Crippen LogP contribution in [0, 0.1) is 0 Å². The van der Waals surface area contributed by atoms with E-state index in [0.29, 0.717) is 0 Å². The van der Waals surface area contributed by atoms with Crippen molar-refractivity contribution in [1.82, 2.24) is 14.5 Å². The van der Waals surface area contributed by atoms with Crippen molar-refractivity contribution in [3.05, 3.63) is 47.2 Å². The van der Waals surface area contributed by atoms with Gasteiger partial charge < -0.3 is 5.11 Å². The third-order valence-electron chi connectivity index (χ3n) is 2.70. The van der Waals surface area contributed by atoms with Gasteiger partial charge in [0.05, 0.1) is 11.2 Å². The van der Waals surface area contributed by atoms with Crippen LogP contribution in [0.2, 0.25) is 5.02 Å². The number of rotatable bonds is 5. The number of carboxylic acids is 1. The van der Waals surface area contributed by atoms with Gasteiger partial charge in [0.15, 0.2) is 0 Å². The Balaban J connectivity index is 2.37. The van der Waals surface area contributed by atoms with Crippen LogP contribution in [0.3, 0.4) is 0 Å². The monoisotopic (exact) mass is 329 g/mol. The number of sulfonamides is 1. The molecule has 0 bridgehead atoms. The fourth-order valence-electron chi connectivity index (χ4n) is 1.73. The van der Waals surface area contributed by atoms with Crippen LogP contribution in [0.1, 0.15) is 11.6 Å². The molecule has 2 rings (SSSR count). The molecule has 21 heavy (non-hydrogen) atoms. The Kier molecular flexibility index (Phi) is 4.31. The van der Waals surface area contributed by atoms with Crippen molar-refractivity contribution in [3.8, 4) is 0 Å². The average molecular weight is 330 g/mol. The number of aromatic nitrogens is 2. The molecule has 1 aromatic carbocycles. The first kappa shape index (κ1) is 15.5. The number of benzene rings is 1. The van der Waals surface area contributed by atoms with E-state index in [4.69, 9.17) is 11.6 Å². The number of aliphatic carboxylic acids is 1. The molecule has 2 aromatic rings. The lowest BCUT2D eigenvalue weighted by Gasteiger charge is -2.14. The van der Waals surface area contributed by atoms with Crippen LogP contribution in [0.15, 0.2) is 41.6 Å². The minimum Gasteiger partial charge on any atom is -0.480 e. The van der Waals surface area contributed by atoms with Gasteiger partial charge >= 0.3 is 5.97 Å². The van der Waals surface area contributed by atoms with Crippen LogP contribution in [0.25, 0.3) is 0 Å². The third-order valence-corrected chi connectivity index (χ3v) is 4.63. The second kappa shape index (κ2) is 5.84. The Labute approximate surface area is 126 Å². The highest BCUT2D eigenvalue weighted by Crippen LogP contribution is 2.23. The summed E-state index contributed by atoms with van der Waals surface area (Å²) in [6.45, 7) is 0. The van der Waals surface area contributed by atoms with E-state index in [0.717, 1.165) is 0 Å². The molecule has 112 valence electrons. The molecule has 1 atom stereocenters. The zero-order valence-electron chi connectivity index (χ0n) is 10.9.